The summed E-state index contributed by atoms with van der Waals surface area (Å²) >= 11 is 0. The maximum Gasteiger partial charge on any atom is 0.141 e. The number of hydrogen-bond acceptors (Lipinski definition) is 2. The third-order valence-corrected chi connectivity index (χ3v) is 3.89. The van der Waals surface area contributed by atoms with Crippen LogP contribution in [-0.2, 0) is 9.59 Å². The summed E-state index contributed by atoms with van der Waals surface area (Å²) in [7, 11) is 0. The van der Waals surface area contributed by atoms with E-state index < -0.39 is 0 Å². The summed E-state index contributed by atoms with van der Waals surface area (Å²) in [6.07, 6.45) is 3.71. The summed E-state index contributed by atoms with van der Waals surface area (Å²) in [6.45, 7) is 11.9. The monoisotopic (exact) mass is 252 g/mol. The van der Waals surface area contributed by atoms with Gasteiger partial charge in [0.2, 0.25) is 0 Å². The van der Waals surface area contributed by atoms with Gasteiger partial charge in [-0.3, -0.25) is 9.59 Å². The molecule has 0 aromatic carbocycles. The van der Waals surface area contributed by atoms with Gasteiger partial charge in [0.25, 0.3) is 0 Å². The summed E-state index contributed by atoms with van der Waals surface area (Å²) in [6, 6.07) is 0. The number of ketones is 2. The van der Waals surface area contributed by atoms with Gasteiger partial charge >= 0.3 is 0 Å². The molecule has 1 fully saturated rings. The van der Waals surface area contributed by atoms with Gasteiger partial charge in [0.05, 0.1) is 0 Å². The molecule has 1 saturated carbocycles. The highest BCUT2D eigenvalue weighted by molar-refractivity contribution is 5.89. The molecule has 0 heterocycles. The van der Waals surface area contributed by atoms with Gasteiger partial charge in [0.1, 0.15) is 11.6 Å². The molecule has 2 heteroatoms. The summed E-state index contributed by atoms with van der Waals surface area (Å²) in [5, 5.41) is 0. The molecule has 0 saturated heterocycles. The van der Waals surface area contributed by atoms with Crippen LogP contribution in [0.2, 0.25) is 0 Å². The molecule has 1 rings (SSSR count). The molecule has 1 aliphatic rings. The average molecular weight is 252 g/mol. The van der Waals surface area contributed by atoms with Crippen molar-refractivity contribution in [2.75, 3.05) is 0 Å². The molecular formula is C16H28O2. The van der Waals surface area contributed by atoms with E-state index in [2.05, 4.69) is 0 Å². The fourth-order valence-corrected chi connectivity index (χ4v) is 2.89. The first-order valence-corrected chi connectivity index (χ1v) is 7.12. The Morgan fingerprint density at radius 2 is 1.11 bits per heavy atom. The summed E-state index contributed by atoms with van der Waals surface area (Å²) in [5.41, 5.74) is -0.561. The number of hydrogen-bond donors (Lipinski definition) is 0. The Balaban J connectivity index is 2.74. The molecule has 0 unspecified atom stereocenters. The molecule has 2 nitrogen and oxygen atoms in total. The molecular weight excluding hydrogens is 224 g/mol. The zero-order valence-corrected chi connectivity index (χ0v) is 12.8. The zero-order chi connectivity index (χ0) is 14.1. The second-order valence-electron chi connectivity index (χ2n) is 7.79. The van der Waals surface area contributed by atoms with Gasteiger partial charge in [-0.2, -0.15) is 0 Å². The van der Waals surface area contributed by atoms with Gasteiger partial charge in [-0.05, 0) is 19.3 Å². The molecule has 1 aliphatic carbocycles. The van der Waals surface area contributed by atoms with E-state index in [0.29, 0.717) is 11.6 Å². The predicted molar refractivity (Wildman–Crippen MR) is 74.4 cm³/mol. The minimum Gasteiger partial charge on any atom is -0.299 e. The van der Waals surface area contributed by atoms with Crippen molar-refractivity contribution in [1.29, 1.82) is 0 Å². The maximum atomic E-state index is 12.3. The van der Waals surface area contributed by atoms with Crippen LogP contribution in [0.1, 0.15) is 67.2 Å². The minimum absolute atomic E-state index is 0.0926. The third kappa shape index (κ3) is 3.66. The van der Waals surface area contributed by atoms with Crippen LogP contribution in [0.5, 0.6) is 0 Å². The Morgan fingerprint density at radius 3 is 1.39 bits per heavy atom. The Labute approximate surface area is 112 Å². The van der Waals surface area contributed by atoms with E-state index in [-0.39, 0.29) is 22.7 Å². The largest absolute Gasteiger partial charge is 0.299 e. The lowest BCUT2D eigenvalue weighted by Gasteiger charge is -2.34. The van der Waals surface area contributed by atoms with Gasteiger partial charge in [-0.1, -0.05) is 48.0 Å². The molecule has 0 aromatic heterocycles. The smallest absolute Gasteiger partial charge is 0.141 e. The lowest BCUT2D eigenvalue weighted by molar-refractivity contribution is -0.136. The first-order chi connectivity index (χ1) is 8.03. The highest BCUT2D eigenvalue weighted by atomic mass is 16.1. The molecule has 0 N–H and O–H groups in total. The van der Waals surface area contributed by atoms with Crippen LogP contribution in [-0.4, -0.2) is 11.6 Å². The molecule has 0 radical (unpaired) electrons. The standard InChI is InChI=1S/C16H28O2/c1-15(2,3)13(17)11-8-7-9-12(10-11)14(18)16(4,5)6/h11-12H,7-10H2,1-6H3/t11-,12-/m1/s1. The molecule has 0 spiro atoms. The average Bonchev–Trinajstić information content (AvgIpc) is 2.24. The second kappa shape index (κ2) is 5.14. The minimum atomic E-state index is -0.280. The third-order valence-electron chi connectivity index (χ3n) is 3.89. The molecule has 2 atom stereocenters. The van der Waals surface area contributed by atoms with Crippen LogP contribution in [0.3, 0.4) is 0 Å². The summed E-state index contributed by atoms with van der Waals surface area (Å²) in [4.78, 5) is 24.7. The van der Waals surface area contributed by atoms with Crippen molar-refractivity contribution in [1.82, 2.24) is 0 Å². The van der Waals surface area contributed by atoms with Crippen LogP contribution in [0.25, 0.3) is 0 Å². The van der Waals surface area contributed by atoms with Crippen LogP contribution in [0.4, 0.5) is 0 Å². The lowest BCUT2D eigenvalue weighted by atomic mass is 9.69. The van der Waals surface area contributed by atoms with Crippen LogP contribution in [0, 0.1) is 22.7 Å². The Morgan fingerprint density at radius 1 is 0.778 bits per heavy atom. The van der Waals surface area contributed by atoms with E-state index in [0.717, 1.165) is 25.7 Å². The van der Waals surface area contributed by atoms with Crippen molar-refractivity contribution in [3.8, 4) is 0 Å². The fraction of sp³-hybridized carbons (Fsp3) is 0.875. The van der Waals surface area contributed by atoms with E-state index in [4.69, 9.17) is 0 Å². The van der Waals surface area contributed by atoms with Gasteiger partial charge in [-0.25, -0.2) is 0 Å². The van der Waals surface area contributed by atoms with Gasteiger partial charge in [-0.15, -0.1) is 0 Å². The van der Waals surface area contributed by atoms with Crippen LogP contribution < -0.4 is 0 Å². The SMILES string of the molecule is CC(C)(C)C(=O)[C@@H]1CCC[C@@H](C(=O)C(C)(C)C)C1. The predicted octanol–water partition coefficient (Wildman–Crippen LogP) is 4.02. The molecule has 0 aliphatic heterocycles. The highest BCUT2D eigenvalue weighted by Gasteiger charge is 2.38. The maximum absolute atomic E-state index is 12.3. The number of Topliss-reactive ketones (excluding diaryl/α,β-unsaturated/α-hetero) is 2. The van der Waals surface area contributed by atoms with E-state index in [9.17, 15) is 9.59 Å². The van der Waals surface area contributed by atoms with Crippen LogP contribution in [0.15, 0.2) is 0 Å². The van der Waals surface area contributed by atoms with Gasteiger partial charge < -0.3 is 0 Å². The van der Waals surface area contributed by atoms with Gasteiger partial charge in [0, 0.05) is 22.7 Å². The molecule has 0 amide bonds. The van der Waals surface area contributed by atoms with Crippen molar-refractivity contribution >= 4 is 11.6 Å². The normalized spacial score (nSPS) is 25.9. The first-order valence-electron chi connectivity index (χ1n) is 7.12. The van der Waals surface area contributed by atoms with Crippen molar-refractivity contribution < 1.29 is 9.59 Å². The second-order valence-corrected chi connectivity index (χ2v) is 7.79. The summed E-state index contributed by atoms with van der Waals surface area (Å²) in [5.74, 6) is 0.841. The van der Waals surface area contributed by atoms with E-state index in [1.807, 2.05) is 41.5 Å². The number of carbonyl (C=O) groups is 2. The highest BCUT2D eigenvalue weighted by Crippen LogP contribution is 2.37. The lowest BCUT2D eigenvalue weighted by Crippen LogP contribution is -2.37. The van der Waals surface area contributed by atoms with Crippen LogP contribution >= 0.6 is 0 Å². The van der Waals surface area contributed by atoms with Crippen molar-refractivity contribution in [2.24, 2.45) is 22.7 Å². The molecule has 0 bridgehead atoms. The Bertz CT molecular complexity index is 296. The Hall–Kier alpha value is -0.660. The number of rotatable bonds is 2. The molecule has 18 heavy (non-hydrogen) atoms. The molecule has 0 aromatic rings. The van der Waals surface area contributed by atoms with Crippen molar-refractivity contribution in [2.45, 2.75) is 67.2 Å². The Kier molecular flexibility index (Phi) is 4.40. The number of carbonyl (C=O) groups excluding carboxylic acids is 2. The van der Waals surface area contributed by atoms with Gasteiger partial charge in [0.15, 0.2) is 0 Å². The van der Waals surface area contributed by atoms with E-state index >= 15 is 0 Å². The van der Waals surface area contributed by atoms with E-state index in [1.165, 1.54) is 0 Å². The van der Waals surface area contributed by atoms with Crippen molar-refractivity contribution in [3.63, 3.8) is 0 Å². The van der Waals surface area contributed by atoms with E-state index in [1.54, 1.807) is 0 Å². The zero-order valence-electron chi connectivity index (χ0n) is 12.8. The molecule has 104 valence electrons. The summed E-state index contributed by atoms with van der Waals surface area (Å²) < 4.78 is 0. The quantitative estimate of drug-likeness (QED) is 0.743. The van der Waals surface area contributed by atoms with Crippen molar-refractivity contribution in [3.05, 3.63) is 0 Å². The topological polar surface area (TPSA) is 34.1 Å². The first kappa shape index (κ1) is 15.4. The fourth-order valence-electron chi connectivity index (χ4n) is 2.89.